The van der Waals surface area contributed by atoms with Crippen LogP contribution < -0.4 is 10.7 Å². The fourth-order valence-corrected chi connectivity index (χ4v) is 10.5. The number of fused-ring (bicyclic) bond motifs is 6. The molecule has 4 unspecified atom stereocenters. The molecule has 1 saturated carbocycles. The van der Waals surface area contributed by atoms with Gasteiger partial charge in [-0.05, 0) is 80.0 Å². The zero-order valence-corrected chi connectivity index (χ0v) is 36.4. The van der Waals surface area contributed by atoms with Crippen molar-refractivity contribution in [1.82, 2.24) is 25.2 Å². The molecule has 0 radical (unpaired) electrons. The number of thioether (sulfide) groups is 1. The summed E-state index contributed by atoms with van der Waals surface area (Å²) in [7, 11) is 3.35. The molecule has 1 saturated heterocycles. The average Bonchev–Trinajstić information content (AvgIpc) is 3.74. The van der Waals surface area contributed by atoms with E-state index in [1.165, 1.54) is 39.0 Å². The molecule has 5 aliphatic rings. The number of likely N-dealkylation sites (N-methyl/N-ethyl adjacent to an activating group) is 1. The van der Waals surface area contributed by atoms with Crippen LogP contribution in [0.15, 0.2) is 33.9 Å². The Hall–Kier alpha value is -3.85. The van der Waals surface area contributed by atoms with Crippen molar-refractivity contribution in [3.63, 3.8) is 0 Å². The SMILES string of the molecule is CCn1c(C2=C([C@H](C)OC)N=CC3CC23)c2c3cc(ccc31)C1CSC(=N1)C[C@H](NC(=O)[C@H](C(C)C)N(C)C(C)=O)C(=O)N1CCCC(C=O)(COCC(C)(C)C2)N1. The van der Waals surface area contributed by atoms with Crippen LogP contribution in [0, 0.1) is 23.2 Å². The third-order valence-electron chi connectivity index (χ3n) is 12.7. The second-order valence-corrected chi connectivity index (χ2v) is 19.1. The molecule has 2 N–H and O–H groups in total. The number of aryl methyl sites for hydroxylation is 1. The van der Waals surface area contributed by atoms with Gasteiger partial charge in [0.25, 0.3) is 5.91 Å². The van der Waals surface area contributed by atoms with Crippen molar-refractivity contribution in [3.05, 3.63) is 40.7 Å². The molecule has 7 rings (SSSR count). The second-order valence-electron chi connectivity index (χ2n) is 18.1. The lowest BCUT2D eigenvalue weighted by Crippen LogP contribution is -2.66. The normalized spacial score (nSPS) is 28.1. The lowest BCUT2D eigenvalue weighted by atomic mass is 9.83. The Labute approximate surface area is 346 Å². The van der Waals surface area contributed by atoms with Crippen molar-refractivity contribution in [3.8, 4) is 0 Å². The van der Waals surface area contributed by atoms with Gasteiger partial charge >= 0.3 is 0 Å². The predicted molar refractivity (Wildman–Crippen MR) is 229 cm³/mol. The van der Waals surface area contributed by atoms with Gasteiger partial charge in [0.1, 0.15) is 23.9 Å². The molecule has 2 aromatic rings. The first-order valence-corrected chi connectivity index (χ1v) is 21.9. The van der Waals surface area contributed by atoms with E-state index in [1.54, 1.807) is 25.9 Å². The number of hydrazine groups is 1. The topological polar surface area (TPSA) is 147 Å². The number of rotatable bonds is 9. The van der Waals surface area contributed by atoms with Gasteiger partial charge in [-0.15, -0.1) is 11.8 Å². The number of carbonyl (C=O) groups excluding carboxylic acids is 4. The van der Waals surface area contributed by atoms with Crippen LogP contribution in [0.25, 0.3) is 16.5 Å². The summed E-state index contributed by atoms with van der Waals surface area (Å²) in [4.78, 5) is 65.4. The number of nitrogens with zero attached hydrogens (tertiary/aromatic N) is 5. The van der Waals surface area contributed by atoms with Crippen LogP contribution in [-0.2, 0) is 41.6 Å². The van der Waals surface area contributed by atoms with Crippen LogP contribution >= 0.6 is 11.8 Å². The first-order chi connectivity index (χ1) is 27.6. The molecule has 13 nitrogen and oxygen atoms in total. The minimum Gasteiger partial charge on any atom is -0.378 e. The van der Waals surface area contributed by atoms with Gasteiger partial charge in [-0.2, -0.15) is 0 Å². The lowest BCUT2D eigenvalue weighted by Gasteiger charge is -2.42. The highest BCUT2D eigenvalue weighted by Gasteiger charge is 2.46. The average molecular weight is 816 g/mol. The molecular weight excluding hydrogens is 755 g/mol. The van der Waals surface area contributed by atoms with E-state index in [0.29, 0.717) is 43.6 Å². The van der Waals surface area contributed by atoms with Crippen molar-refractivity contribution in [2.45, 2.75) is 117 Å². The maximum Gasteiger partial charge on any atom is 0.259 e. The molecule has 1 aromatic heterocycles. The van der Waals surface area contributed by atoms with Gasteiger partial charge < -0.3 is 29.1 Å². The van der Waals surface area contributed by atoms with E-state index in [0.717, 1.165) is 47.5 Å². The summed E-state index contributed by atoms with van der Waals surface area (Å²) in [5.74, 6) is 0.307. The van der Waals surface area contributed by atoms with Crippen LogP contribution in [0.1, 0.15) is 97.0 Å². The first kappa shape index (κ1) is 42.3. The fourth-order valence-electron chi connectivity index (χ4n) is 9.35. The lowest BCUT2D eigenvalue weighted by molar-refractivity contribution is -0.148. The molecule has 314 valence electrons. The van der Waals surface area contributed by atoms with Gasteiger partial charge in [-0.3, -0.25) is 29.4 Å². The molecule has 2 fully saturated rings. The van der Waals surface area contributed by atoms with Crippen LogP contribution in [0.5, 0.6) is 0 Å². The number of hydrogen-bond donors (Lipinski definition) is 2. The second kappa shape index (κ2) is 16.7. The van der Waals surface area contributed by atoms with Crippen LogP contribution in [0.2, 0.25) is 0 Å². The Morgan fingerprint density at radius 2 is 2.00 bits per heavy atom. The molecule has 7 atom stereocenters. The monoisotopic (exact) mass is 815 g/mol. The van der Waals surface area contributed by atoms with Gasteiger partial charge in [0.15, 0.2) is 0 Å². The van der Waals surface area contributed by atoms with Crippen molar-refractivity contribution in [2.75, 3.05) is 39.7 Å². The Bertz CT molecular complexity index is 2060. The summed E-state index contributed by atoms with van der Waals surface area (Å²) >= 11 is 1.60. The number of ether oxygens (including phenoxy) is 2. The molecule has 1 aromatic carbocycles. The highest BCUT2D eigenvalue weighted by Crippen LogP contribution is 2.54. The molecule has 6 bridgehead atoms. The molecule has 1 aliphatic carbocycles. The molecule has 14 heteroatoms. The zero-order chi connectivity index (χ0) is 41.7. The third-order valence-corrected chi connectivity index (χ3v) is 13.7. The number of hydrogen-bond acceptors (Lipinski definition) is 10. The molecule has 58 heavy (non-hydrogen) atoms. The largest absolute Gasteiger partial charge is 0.378 e. The summed E-state index contributed by atoms with van der Waals surface area (Å²) < 4.78 is 14.9. The van der Waals surface area contributed by atoms with Crippen molar-refractivity contribution >= 4 is 63.5 Å². The summed E-state index contributed by atoms with van der Waals surface area (Å²) in [6.07, 6.45) is 5.86. The number of aromatic nitrogens is 1. The van der Waals surface area contributed by atoms with Crippen LogP contribution in [0.4, 0.5) is 0 Å². The number of carbonyl (C=O) groups is 4. The van der Waals surface area contributed by atoms with E-state index in [4.69, 9.17) is 19.5 Å². The number of aldehydes is 1. The highest BCUT2D eigenvalue weighted by atomic mass is 32.2. The van der Waals surface area contributed by atoms with E-state index >= 15 is 0 Å². The summed E-state index contributed by atoms with van der Waals surface area (Å²) in [5, 5.41) is 6.44. The van der Waals surface area contributed by atoms with Gasteiger partial charge in [-0.1, -0.05) is 33.8 Å². The smallest absolute Gasteiger partial charge is 0.259 e. The van der Waals surface area contributed by atoms with E-state index in [-0.39, 0.29) is 48.3 Å². The van der Waals surface area contributed by atoms with Gasteiger partial charge in [0, 0.05) is 75.0 Å². The zero-order valence-electron chi connectivity index (χ0n) is 35.6. The molecule has 3 amide bonds. The van der Waals surface area contributed by atoms with Crippen molar-refractivity contribution in [2.24, 2.45) is 33.2 Å². The highest BCUT2D eigenvalue weighted by molar-refractivity contribution is 8.14. The number of amides is 3. The molecule has 0 spiro atoms. The Morgan fingerprint density at radius 3 is 2.69 bits per heavy atom. The third kappa shape index (κ3) is 8.18. The number of nitrogens with one attached hydrogen (secondary N) is 2. The van der Waals surface area contributed by atoms with Crippen molar-refractivity contribution < 1.29 is 28.7 Å². The number of aliphatic imine (C=N–C) groups is 2. The van der Waals surface area contributed by atoms with Gasteiger partial charge in [0.05, 0.1) is 41.8 Å². The maximum absolute atomic E-state index is 14.5. The Kier molecular flexibility index (Phi) is 12.1. The molecule has 4 aliphatic heterocycles. The minimum atomic E-state index is -1.13. The number of benzene rings is 1. The van der Waals surface area contributed by atoms with E-state index in [2.05, 4.69) is 67.4 Å². The fraction of sp³-hybridized carbons (Fsp3) is 0.636. The standard InChI is InChI=1S/C44H61N7O6S/c1-10-50-35-13-12-28-16-31(35)32(40(50)37-30-17-29(30)20-45-38(37)26(4)56-9)19-43(6,7)23-57-24-44(22-52)14-11-15-51(48-44)42(55)33(18-36-46-34(28)21-58-36)47-41(54)39(25(2)3)49(8)27(5)53/h12-13,16,20,22,25-26,29-30,33-34,39,48H,10-11,14-15,17-19,21,23-24H2,1-9H3,(H,47,54)/t26-,29?,30?,33-,34?,39-,44?/m0/s1. The summed E-state index contributed by atoms with van der Waals surface area (Å²) in [6, 6.07) is 4.82. The quantitative estimate of drug-likeness (QED) is 0.322. The Balaban J connectivity index is 1.34. The maximum atomic E-state index is 14.5. The minimum absolute atomic E-state index is 0.0800. The predicted octanol–water partition coefficient (Wildman–Crippen LogP) is 5.36. The summed E-state index contributed by atoms with van der Waals surface area (Å²) in [5.41, 5.74) is 8.81. The van der Waals surface area contributed by atoms with E-state index < -0.39 is 23.5 Å². The van der Waals surface area contributed by atoms with E-state index in [1.807, 2.05) is 13.8 Å². The molecular formula is C44H61N7O6S. The van der Waals surface area contributed by atoms with E-state index in [9.17, 15) is 19.2 Å². The van der Waals surface area contributed by atoms with Crippen LogP contribution in [-0.4, -0.2) is 113 Å². The summed E-state index contributed by atoms with van der Waals surface area (Å²) in [6.45, 7) is 15.5. The Morgan fingerprint density at radius 1 is 1.22 bits per heavy atom. The van der Waals surface area contributed by atoms with Crippen molar-refractivity contribution in [1.29, 1.82) is 0 Å². The van der Waals surface area contributed by atoms with Crippen LogP contribution in [0.3, 0.4) is 0 Å². The number of allylic oxidation sites excluding steroid dienone is 1. The van der Waals surface area contributed by atoms with Gasteiger partial charge in [0.2, 0.25) is 11.8 Å². The number of methoxy groups -OCH3 is 1. The first-order valence-electron chi connectivity index (χ1n) is 20.9. The van der Waals surface area contributed by atoms with Gasteiger partial charge in [-0.25, -0.2) is 5.43 Å². The molecule has 5 heterocycles.